The summed E-state index contributed by atoms with van der Waals surface area (Å²) in [5, 5.41) is 0.263. The van der Waals surface area contributed by atoms with E-state index in [0.717, 1.165) is 12.8 Å². The summed E-state index contributed by atoms with van der Waals surface area (Å²) in [5.41, 5.74) is 0. The molecule has 1 aromatic heterocycles. The quantitative estimate of drug-likeness (QED) is 0.758. The van der Waals surface area contributed by atoms with Crippen LogP contribution < -0.4 is 9.47 Å². The molecule has 1 saturated heterocycles. The second kappa shape index (κ2) is 5.32. The van der Waals surface area contributed by atoms with E-state index in [1.807, 2.05) is 0 Å². The Morgan fingerprint density at radius 3 is 2.81 bits per heavy atom. The Kier molecular flexibility index (Phi) is 3.79. The Morgan fingerprint density at radius 1 is 1.38 bits per heavy atom. The molecule has 0 aliphatic carbocycles. The van der Waals surface area contributed by atoms with Gasteiger partial charge in [0, 0.05) is 12.8 Å². The largest absolute Gasteiger partial charge is 0.489 e. The van der Waals surface area contributed by atoms with Gasteiger partial charge in [0.2, 0.25) is 5.75 Å². The summed E-state index contributed by atoms with van der Waals surface area (Å²) >= 11 is 5.87. The van der Waals surface area contributed by atoms with Gasteiger partial charge < -0.3 is 14.2 Å². The van der Waals surface area contributed by atoms with Crippen LogP contribution in [-0.2, 0) is 4.74 Å². The van der Waals surface area contributed by atoms with Crippen LogP contribution in [0.25, 0.3) is 0 Å². The summed E-state index contributed by atoms with van der Waals surface area (Å²) in [6.07, 6.45) is 3.17. The van der Waals surface area contributed by atoms with Gasteiger partial charge in [0.05, 0.1) is 20.3 Å². The molecule has 0 amide bonds. The van der Waals surface area contributed by atoms with Crippen LogP contribution in [0.5, 0.6) is 11.6 Å². The van der Waals surface area contributed by atoms with Crippen LogP contribution in [0.4, 0.5) is 0 Å². The number of nitrogens with zero attached hydrogens (tertiary/aromatic N) is 2. The lowest BCUT2D eigenvalue weighted by molar-refractivity contribution is 0.0225. The molecule has 0 atom stereocenters. The monoisotopic (exact) mass is 244 g/mol. The molecule has 5 nitrogen and oxygen atoms in total. The third-order valence-corrected chi connectivity index (χ3v) is 2.65. The van der Waals surface area contributed by atoms with Crippen molar-refractivity contribution in [3.05, 3.63) is 11.5 Å². The van der Waals surface area contributed by atoms with E-state index in [1.54, 1.807) is 0 Å². The number of ether oxygens (including phenoxy) is 3. The van der Waals surface area contributed by atoms with E-state index >= 15 is 0 Å². The Labute approximate surface area is 98.7 Å². The summed E-state index contributed by atoms with van der Waals surface area (Å²) in [7, 11) is 1.52. The van der Waals surface area contributed by atoms with Crippen molar-refractivity contribution in [3.63, 3.8) is 0 Å². The predicted molar refractivity (Wildman–Crippen MR) is 58.1 cm³/mol. The summed E-state index contributed by atoms with van der Waals surface area (Å²) < 4.78 is 16.1. The molecule has 0 spiro atoms. The van der Waals surface area contributed by atoms with Crippen molar-refractivity contribution < 1.29 is 14.2 Å². The van der Waals surface area contributed by atoms with Gasteiger partial charge in [-0.2, -0.15) is 4.98 Å². The van der Waals surface area contributed by atoms with Crippen molar-refractivity contribution in [2.75, 3.05) is 20.3 Å². The first-order chi connectivity index (χ1) is 7.81. The Morgan fingerprint density at radius 2 is 2.12 bits per heavy atom. The zero-order valence-corrected chi connectivity index (χ0v) is 9.74. The summed E-state index contributed by atoms with van der Waals surface area (Å²) in [6, 6.07) is 0. The zero-order chi connectivity index (χ0) is 11.4. The highest BCUT2D eigenvalue weighted by atomic mass is 35.5. The molecular formula is C10H13ClN2O3. The minimum atomic E-state index is 0.105. The van der Waals surface area contributed by atoms with E-state index < -0.39 is 0 Å². The topological polar surface area (TPSA) is 53.5 Å². The van der Waals surface area contributed by atoms with Crippen molar-refractivity contribution in [2.24, 2.45) is 0 Å². The highest BCUT2D eigenvalue weighted by Crippen LogP contribution is 2.31. The average Bonchev–Trinajstić information content (AvgIpc) is 2.31. The summed E-state index contributed by atoms with van der Waals surface area (Å²) in [6.45, 7) is 1.43. The van der Waals surface area contributed by atoms with Gasteiger partial charge in [-0.25, -0.2) is 4.98 Å². The lowest BCUT2D eigenvalue weighted by Gasteiger charge is -2.23. The fraction of sp³-hybridized carbons (Fsp3) is 0.600. The van der Waals surface area contributed by atoms with Gasteiger partial charge in [-0.1, -0.05) is 11.6 Å². The van der Waals surface area contributed by atoms with Gasteiger partial charge in [0.25, 0.3) is 5.88 Å². The third-order valence-electron chi connectivity index (χ3n) is 2.38. The smallest absolute Gasteiger partial charge is 0.262 e. The molecule has 1 aliphatic rings. The molecule has 0 bridgehead atoms. The van der Waals surface area contributed by atoms with Crippen LogP contribution in [-0.4, -0.2) is 36.4 Å². The molecule has 16 heavy (non-hydrogen) atoms. The van der Waals surface area contributed by atoms with Crippen molar-refractivity contribution in [3.8, 4) is 11.6 Å². The molecular weight excluding hydrogens is 232 g/mol. The van der Waals surface area contributed by atoms with Crippen LogP contribution in [0.1, 0.15) is 12.8 Å². The molecule has 2 rings (SSSR count). The lowest BCUT2D eigenvalue weighted by atomic mass is 10.1. The van der Waals surface area contributed by atoms with Crippen molar-refractivity contribution in [1.82, 2.24) is 9.97 Å². The van der Waals surface area contributed by atoms with Gasteiger partial charge in [0.15, 0.2) is 5.15 Å². The van der Waals surface area contributed by atoms with E-state index in [2.05, 4.69) is 9.97 Å². The highest BCUT2D eigenvalue weighted by Gasteiger charge is 2.19. The minimum Gasteiger partial charge on any atom is -0.489 e. The van der Waals surface area contributed by atoms with E-state index in [-0.39, 0.29) is 11.3 Å². The molecule has 1 aliphatic heterocycles. The molecule has 1 aromatic rings. The van der Waals surface area contributed by atoms with Crippen LogP contribution in [0.3, 0.4) is 0 Å². The normalized spacial score (nSPS) is 17.1. The molecule has 1 fully saturated rings. The fourth-order valence-electron chi connectivity index (χ4n) is 1.54. The number of methoxy groups -OCH3 is 1. The highest BCUT2D eigenvalue weighted by molar-refractivity contribution is 6.31. The van der Waals surface area contributed by atoms with Gasteiger partial charge in [0.1, 0.15) is 12.4 Å². The standard InChI is InChI=1S/C10H13ClN2O3/c1-14-8-9(11)12-6-13-10(8)16-7-2-4-15-5-3-7/h6-7H,2-5H2,1H3. The van der Waals surface area contributed by atoms with E-state index in [0.29, 0.717) is 24.8 Å². The summed E-state index contributed by atoms with van der Waals surface area (Å²) in [4.78, 5) is 7.85. The van der Waals surface area contributed by atoms with Crippen LogP contribution in [0.15, 0.2) is 6.33 Å². The Bertz CT molecular complexity index is 356. The molecule has 6 heteroatoms. The van der Waals surface area contributed by atoms with Crippen molar-refractivity contribution in [1.29, 1.82) is 0 Å². The van der Waals surface area contributed by atoms with Crippen molar-refractivity contribution in [2.45, 2.75) is 18.9 Å². The molecule has 2 heterocycles. The Hall–Kier alpha value is -1.07. The molecule has 0 aromatic carbocycles. The zero-order valence-electron chi connectivity index (χ0n) is 8.98. The van der Waals surface area contributed by atoms with Gasteiger partial charge in [-0.15, -0.1) is 0 Å². The first kappa shape index (κ1) is 11.4. The second-order valence-electron chi connectivity index (χ2n) is 3.43. The number of hydrogen-bond donors (Lipinski definition) is 0. The van der Waals surface area contributed by atoms with E-state index in [4.69, 9.17) is 25.8 Å². The first-order valence-corrected chi connectivity index (χ1v) is 5.48. The SMILES string of the molecule is COc1c(Cl)ncnc1OC1CCOCC1. The maximum Gasteiger partial charge on any atom is 0.262 e. The fourth-order valence-corrected chi connectivity index (χ4v) is 1.75. The maximum absolute atomic E-state index is 5.87. The maximum atomic E-state index is 5.87. The van der Waals surface area contributed by atoms with Crippen LogP contribution in [0, 0.1) is 0 Å². The van der Waals surface area contributed by atoms with Crippen molar-refractivity contribution >= 4 is 11.6 Å². The van der Waals surface area contributed by atoms with Gasteiger partial charge in [-0.3, -0.25) is 0 Å². The number of halogens is 1. The first-order valence-electron chi connectivity index (χ1n) is 5.10. The van der Waals surface area contributed by atoms with E-state index in [9.17, 15) is 0 Å². The van der Waals surface area contributed by atoms with E-state index in [1.165, 1.54) is 13.4 Å². The van der Waals surface area contributed by atoms with Gasteiger partial charge in [-0.05, 0) is 0 Å². The minimum absolute atomic E-state index is 0.105. The van der Waals surface area contributed by atoms with Crippen LogP contribution in [0.2, 0.25) is 5.15 Å². The lowest BCUT2D eigenvalue weighted by Crippen LogP contribution is -2.26. The average molecular weight is 245 g/mol. The number of aromatic nitrogens is 2. The van der Waals surface area contributed by atoms with Gasteiger partial charge >= 0.3 is 0 Å². The summed E-state index contributed by atoms with van der Waals surface area (Å²) in [5.74, 6) is 0.782. The molecule has 0 saturated carbocycles. The Balaban J connectivity index is 2.10. The molecule has 0 N–H and O–H groups in total. The number of rotatable bonds is 3. The second-order valence-corrected chi connectivity index (χ2v) is 3.79. The third kappa shape index (κ3) is 2.54. The molecule has 88 valence electrons. The molecule has 0 unspecified atom stereocenters. The predicted octanol–water partition coefficient (Wildman–Crippen LogP) is 1.70. The number of hydrogen-bond acceptors (Lipinski definition) is 5. The molecule has 0 radical (unpaired) electrons. The van der Waals surface area contributed by atoms with Crippen LogP contribution >= 0.6 is 11.6 Å².